The van der Waals surface area contributed by atoms with E-state index in [-0.39, 0.29) is 5.56 Å². The van der Waals surface area contributed by atoms with Crippen molar-refractivity contribution in [2.24, 2.45) is 5.10 Å². The Morgan fingerprint density at radius 1 is 1.27 bits per heavy atom. The van der Waals surface area contributed by atoms with Crippen LogP contribution in [0.15, 0.2) is 46.4 Å². The van der Waals surface area contributed by atoms with E-state index in [0.29, 0.717) is 22.6 Å². The molecule has 0 aliphatic carbocycles. The van der Waals surface area contributed by atoms with Crippen LogP contribution < -0.4 is 9.57 Å². The molecule has 0 unspecified atom stereocenters. The van der Waals surface area contributed by atoms with Crippen LogP contribution in [0.2, 0.25) is 0 Å². The predicted octanol–water partition coefficient (Wildman–Crippen LogP) is 3.06. The second-order valence-electron chi connectivity index (χ2n) is 4.77. The minimum atomic E-state index is -0.964. The van der Waals surface area contributed by atoms with Gasteiger partial charge in [0, 0.05) is 28.0 Å². The summed E-state index contributed by atoms with van der Waals surface area (Å²) in [6, 6.07) is 11.1. The van der Waals surface area contributed by atoms with E-state index in [1.807, 2.05) is 24.3 Å². The molecule has 2 aromatic carbocycles. The second kappa shape index (κ2) is 5.73. The van der Waals surface area contributed by atoms with Crippen LogP contribution in [0.25, 0.3) is 0 Å². The Morgan fingerprint density at radius 3 is 2.77 bits per heavy atom. The van der Waals surface area contributed by atoms with Crippen molar-refractivity contribution in [2.75, 3.05) is 7.11 Å². The normalized spacial score (nSPS) is 12.9. The van der Waals surface area contributed by atoms with E-state index >= 15 is 0 Å². The van der Waals surface area contributed by atoms with Gasteiger partial charge in [-0.3, -0.25) is 0 Å². The average molecular weight is 314 g/mol. The van der Waals surface area contributed by atoms with Gasteiger partial charge in [-0.1, -0.05) is 18.2 Å². The van der Waals surface area contributed by atoms with E-state index in [1.165, 1.54) is 11.9 Å². The molecular weight excluding hydrogens is 300 g/mol. The highest BCUT2D eigenvalue weighted by Crippen LogP contribution is 2.33. The summed E-state index contributed by atoms with van der Waals surface area (Å²) >= 11 is 1.42. The molecule has 1 aliphatic heterocycles. The lowest BCUT2D eigenvalue weighted by atomic mass is 9.93. The van der Waals surface area contributed by atoms with Crippen LogP contribution in [0, 0.1) is 6.92 Å². The molecule has 0 fully saturated rings. The Kier molecular flexibility index (Phi) is 3.77. The molecule has 2 aromatic rings. The topological polar surface area (TPSA) is 70.9 Å². The number of aromatic carboxylic acids is 1. The number of benzene rings is 2. The third kappa shape index (κ3) is 2.31. The van der Waals surface area contributed by atoms with Crippen molar-refractivity contribution in [3.63, 3.8) is 0 Å². The van der Waals surface area contributed by atoms with Crippen LogP contribution in [-0.4, -0.2) is 23.9 Å². The summed E-state index contributed by atoms with van der Waals surface area (Å²) in [5.41, 5.74) is 3.22. The highest BCUT2D eigenvalue weighted by molar-refractivity contribution is 7.97. The van der Waals surface area contributed by atoms with Gasteiger partial charge in [0.15, 0.2) is 0 Å². The summed E-state index contributed by atoms with van der Waals surface area (Å²) in [7, 11) is 1.57. The number of nitrogens with zero attached hydrogens (tertiary/aromatic N) is 1. The molecule has 5 nitrogen and oxygen atoms in total. The smallest absolute Gasteiger partial charge is 0.335 e. The lowest BCUT2D eigenvalue weighted by molar-refractivity contribution is 0.0696. The second-order valence-corrected chi connectivity index (χ2v) is 5.60. The van der Waals surface area contributed by atoms with E-state index < -0.39 is 5.97 Å². The maximum absolute atomic E-state index is 11.4. The number of hydrogen-bond acceptors (Lipinski definition) is 5. The SMILES string of the molecule is COc1ccc(C(=O)O)c(C)c1C1=NNSc2ccccc21. The largest absolute Gasteiger partial charge is 0.496 e. The monoisotopic (exact) mass is 314 g/mol. The molecule has 6 heteroatoms. The summed E-state index contributed by atoms with van der Waals surface area (Å²) in [4.78, 5) is 15.4. The molecular formula is C16H14N2O3S. The fourth-order valence-electron chi connectivity index (χ4n) is 2.50. The Labute approximate surface area is 132 Å². The predicted molar refractivity (Wildman–Crippen MR) is 85.8 cm³/mol. The van der Waals surface area contributed by atoms with E-state index in [0.717, 1.165) is 10.5 Å². The first-order valence-electron chi connectivity index (χ1n) is 6.63. The van der Waals surface area contributed by atoms with Crippen molar-refractivity contribution < 1.29 is 14.6 Å². The first kappa shape index (κ1) is 14.5. The minimum absolute atomic E-state index is 0.245. The summed E-state index contributed by atoms with van der Waals surface area (Å²) in [5, 5.41) is 13.7. The molecule has 112 valence electrons. The van der Waals surface area contributed by atoms with Gasteiger partial charge in [0.2, 0.25) is 0 Å². The third-order valence-electron chi connectivity index (χ3n) is 3.57. The average Bonchev–Trinajstić information content (AvgIpc) is 2.53. The summed E-state index contributed by atoms with van der Waals surface area (Å²) < 4.78 is 5.42. The van der Waals surface area contributed by atoms with Crippen LogP contribution in [0.4, 0.5) is 0 Å². The van der Waals surface area contributed by atoms with Gasteiger partial charge >= 0.3 is 5.97 Å². The quantitative estimate of drug-likeness (QED) is 0.852. The van der Waals surface area contributed by atoms with Gasteiger partial charge in [-0.2, -0.15) is 5.10 Å². The minimum Gasteiger partial charge on any atom is -0.496 e. The zero-order valence-corrected chi connectivity index (χ0v) is 12.9. The first-order chi connectivity index (χ1) is 10.6. The van der Waals surface area contributed by atoms with Crippen molar-refractivity contribution >= 4 is 23.6 Å². The van der Waals surface area contributed by atoms with Gasteiger partial charge < -0.3 is 9.84 Å². The highest BCUT2D eigenvalue weighted by Gasteiger charge is 2.24. The fourth-order valence-corrected chi connectivity index (χ4v) is 3.16. The number of carboxylic acids is 1. The third-order valence-corrected chi connectivity index (χ3v) is 4.33. The number of ether oxygens (including phenoxy) is 1. The number of carbonyl (C=O) groups is 1. The number of fused-ring (bicyclic) bond motifs is 1. The molecule has 22 heavy (non-hydrogen) atoms. The Hall–Kier alpha value is -2.47. The summed E-state index contributed by atoms with van der Waals surface area (Å²) in [5.74, 6) is -0.363. The Bertz CT molecular complexity index is 787. The van der Waals surface area contributed by atoms with Crippen LogP contribution in [0.5, 0.6) is 5.75 Å². The van der Waals surface area contributed by atoms with Gasteiger partial charge in [0.05, 0.1) is 12.7 Å². The van der Waals surface area contributed by atoms with E-state index in [1.54, 1.807) is 26.2 Å². The maximum atomic E-state index is 11.4. The molecule has 0 aromatic heterocycles. The molecule has 3 rings (SSSR count). The van der Waals surface area contributed by atoms with Crippen LogP contribution in [0.3, 0.4) is 0 Å². The molecule has 0 radical (unpaired) electrons. The summed E-state index contributed by atoms with van der Waals surface area (Å²) in [6.45, 7) is 1.77. The molecule has 0 saturated carbocycles. The van der Waals surface area contributed by atoms with Crippen molar-refractivity contribution in [3.8, 4) is 5.75 Å². The fraction of sp³-hybridized carbons (Fsp3) is 0.125. The molecule has 1 aliphatic rings. The standard InChI is InChI=1S/C16H14N2O3S/c1-9-10(16(19)20)7-8-12(21-2)14(9)15-11-5-3-4-6-13(11)22-18-17-15/h3-8,18H,1-2H3,(H,19,20). The molecule has 0 atom stereocenters. The first-order valence-corrected chi connectivity index (χ1v) is 7.45. The zero-order chi connectivity index (χ0) is 15.7. The van der Waals surface area contributed by atoms with Crippen molar-refractivity contribution in [3.05, 3.63) is 58.7 Å². The van der Waals surface area contributed by atoms with Crippen molar-refractivity contribution in [1.82, 2.24) is 4.83 Å². The molecule has 0 saturated heterocycles. The van der Waals surface area contributed by atoms with Gasteiger partial charge in [0.1, 0.15) is 11.5 Å². The van der Waals surface area contributed by atoms with E-state index in [9.17, 15) is 9.90 Å². The molecule has 0 spiro atoms. The van der Waals surface area contributed by atoms with Gasteiger partial charge in [0.25, 0.3) is 0 Å². The maximum Gasteiger partial charge on any atom is 0.335 e. The molecule has 2 N–H and O–H groups in total. The molecule has 0 bridgehead atoms. The van der Waals surface area contributed by atoms with E-state index in [2.05, 4.69) is 9.93 Å². The highest BCUT2D eigenvalue weighted by atomic mass is 32.2. The van der Waals surface area contributed by atoms with E-state index in [4.69, 9.17) is 4.74 Å². The number of rotatable bonds is 3. The van der Waals surface area contributed by atoms with Crippen molar-refractivity contribution in [1.29, 1.82) is 0 Å². The lowest BCUT2D eigenvalue weighted by Gasteiger charge is -2.20. The number of hydrazone groups is 1. The lowest BCUT2D eigenvalue weighted by Crippen LogP contribution is -2.18. The van der Waals surface area contributed by atoms with Crippen molar-refractivity contribution in [2.45, 2.75) is 11.8 Å². The zero-order valence-electron chi connectivity index (χ0n) is 12.1. The number of carboxylic acid groups (broad SMARTS) is 1. The Balaban J connectivity index is 2.26. The number of nitrogens with one attached hydrogen (secondary N) is 1. The van der Waals surface area contributed by atoms with Gasteiger partial charge in [-0.15, -0.1) is 0 Å². The molecule has 1 heterocycles. The van der Waals surface area contributed by atoms with Crippen LogP contribution in [0.1, 0.15) is 27.0 Å². The number of methoxy groups -OCH3 is 1. The van der Waals surface area contributed by atoms with Crippen LogP contribution in [-0.2, 0) is 0 Å². The van der Waals surface area contributed by atoms with Gasteiger partial charge in [-0.25, -0.2) is 9.63 Å². The molecule has 0 amide bonds. The summed E-state index contributed by atoms with van der Waals surface area (Å²) in [6.07, 6.45) is 0. The van der Waals surface area contributed by atoms with Gasteiger partial charge in [-0.05, 0) is 30.7 Å². The van der Waals surface area contributed by atoms with Crippen LogP contribution >= 0.6 is 11.9 Å². The Morgan fingerprint density at radius 2 is 2.05 bits per heavy atom. The number of hydrogen-bond donors (Lipinski definition) is 2.